The number of carbonyl (C=O) groups is 2. The second-order valence-corrected chi connectivity index (χ2v) is 10.4. The number of sulfonamides is 1. The topological polar surface area (TPSA) is 143 Å². The van der Waals surface area contributed by atoms with Crippen molar-refractivity contribution in [3.8, 4) is 0 Å². The van der Waals surface area contributed by atoms with E-state index in [1.165, 1.54) is 23.0 Å². The highest BCUT2D eigenvalue weighted by Crippen LogP contribution is 2.41. The van der Waals surface area contributed by atoms with Crippen molar-refractivity contribution < 1.29 is 23.1 Å². The van der Waals surface area contributed by atoms with Crippen molar-refractivity contribution >= 4 is 21.8 Å². The molecule has 2 amide bonds. The number of nitrogens with zero attached hydrogens (tertiary/aromatic N) is 2. The van der Waals surface area contributed by atoms with E-state index < -0.39 is 27.6 Å². The Labute approximate surface area is 183 Å². The summed E-state index contributed by atoms with van der Waals surface area (Å²) in [7, 11) is -3.87. The van der Waals surface area contributed by atoms with Gasteiger partial charge in [0.2, 0.25) is 11.8 Å². The third-order valence-electron chi connectivity index (χ3n) is 6.52. The van der Waals surface area contributed by atoms with Gasteiger partial charge in [-0.05, 0) is 51.2 Å². The van der Waals surface area contributed by atoms with Crippen molar-refractivity contribution in [2.24, 2.45) is 11.1 Å². The molecule has 0 unspecified atom stereocenters. The lowest BCUT2D eigenvalue weighted by Crippen LogP contribution is -2.48. The number of hydrogen-bond acceptors (Lipinski definition) is 6. The summed E-state index contributed by atoms with van der Waals surface area (Å²) < 4.78 is 27.2. The third-order valence-corrected chi connectivity index (χ3v) is 8.42. The summed E-state index contributed by atoms with van der Waals surface area (Å²) in [5.74, 6) is -0.766. The molecule has 1 aliphatic heterocycles. The molecule has 1 aromatic rings. The van der Waals surface area contributed by atoms with Gasteiger partial charge in [0.25, 0.3) is 10.0 Å². The van der Waals surface area contributed by atoms with Crippen molar-refractivity contribution in [3.05, 3.63) is 30.8 Å². The summed E-state index contributed by atoms with van der Waals surface area (Å²) in [5.41, 5.74) is 4.90. The van der Waals surface area contributed by atoms with Crippen LogP contribution < -0.4 is 11.1 Å². The van der Waals surface area contributed by atoms with E-state index in [1.54, 1.807) is 19.1 Å². The van der Waals surface area contributed by atoms with Crippen molar-refractivity contribution in [2.45, 2.75) is 75.1 Å². The number of hydrogen-bond donors (Lipinski definition) is 3. The van der Waals surface area contributed by atoms with Gasteiger partial charge in [-0.15, -0.1) is 0 Å². The van der Waals surface area contributed by atoms with E-state index in [2.05, 4.69) is 10.3 Å². The lowest BCUT2D eigenvalue weighted by atomic mass is 9.80. The van der Waals surface area contributed by atoms with Gasteiger partial charge in [0.15, 0.2) is 5.03 Å². The molecule has 0 aromatic carbocycles. The van der Waals surface area contributed by atoms with Crippen LogP contribution in [0.1, 0.15) is 51.9 Å². The fourth-order valence-electron chi connectivity index (χ4n) is 4.50. The molecule has 1 aromatic heterocycles. The summed E-state index contributed by atoms with van der Waals surface area (Å²) >= 11 is 0. The lowest BCUT2D eigenvalue weighted by Gasteiger charge is -2.28. The Morgan fingerprint density at radius 2 is 2.03 bits per heavy atom. The van der Waals surface area contributed by atoms with Gasteiger partial charge in [-0.3, -0.25) is 9.59 Å². The summed E-state index contributed by atoms with van der Waals surface area (Å²) in [6.45, 7) is 1.64. The largest absolute Gasteiger partial charge is 0.390 e. The molecule has 1 aliphatic carbocycles. The van der Waals surface area contributed by atoms with Crippen molar-refractivity contribution in [2.75, 3.05) is 6.54 Å². The number of amides is 2. The van der Waals surface area contributed by atoms with E-state index in [0.29, 0.717) is 25.7 Å². The van der Waals surface area contributed by atoms with Crippen LogP contribution >= 0.6 is 0 Å². The average molecular weight is 452 g/mol. The Morgan fingerprint density at radius 1 is 1.32 bits per heavy atom. The number of β-amino-alcohol motifs (C(OH)–C–C–N with tert-alkyl or cyclic N) is 1. The number of nitrogens with two attached hydrogens (primary N) is 1. The van der Waals surface area contributed by atoms with Gasteiger partial charge in [0, 0.05) is 24.2 Å². The number of pyridine rings is 1. The highest BCUT2D eigenvalue weighted by molar-refractivity contribution is 7.89. The first kappa shape index (κ1) is 23.6. The fourth-order valence-corrected chi connectivity index (χ4v) is 6.12. The summed E-state index contributed by atoms with van der Waals surface area (Å²) in [6.07, 6.45) is 6.12. The SMILES string of the molecule is C[C@@H]1CC[C@H](NC(=O)[CH]CC2(C(N)=O)CCCC2)[C@@H](O)CN1S(=O)(=O)c1ccccn1. The van der Waals surface area contributed by atoms with Gasteiger partial charge >= 0.3 is 0 Å². The highest BCUT2D eigenvalue weighted by Gasteiger charge is 2.40. The molecule has 31 heavy (non-hydrogen) atoms. The second kappa shape index (κ2) is 9.62. The van der Waals surface area contributed by atoms with E-state index in [0.717, 1.165) is 12.8 Å². The predicted molar refractivity (Wildman–Crippen MR) is 114 cm³/mol. The summed E-state index contributed by atoms with van der Waals surface area (Å²) in [4.78, 5) is 28.3. The molecule has 1 radical (unpaired) electrons. The smallest absolute Gasteiger partial charge is 0.260 e. The average Bonchev–Trinajstić information content (AvgIpc) is 3.19. The minimum Gasteiger partial charge on any atom is -0.390 e. The first-order valence-corrected chi connectivity index (χ1v) is 12.1. The Morgan fingerprint density at radius 3 is 2.65 bits per heavy atom. The molecular formula is C21H31N4O5S. The Kier molecular flexibility index (Phi) is 7.33. The second-order valence-electron chi connectivity index (χ2n) is 8.61. The number of aromatic nitrogens is 1. The molecule has 3 atom stereocenters. The molecule has 3 rings (SSSR count). The van der Waals surface area contributed by atoms with Gasteiger partial charge in [-0.25, -0.2) is 13.4 Å². The van der Waals surface area contributed by atoms with Crippen molar-refractivity contribution in [1.82, 2.24) is 14.6 Å². The molecule has 1 saturated heterocycles. The normalized spacial score (nSPS) is 26.8. The first-order chi connectivity index (χ1) is 14.7. The summed E-state index contributed by atoms with van der Waals surface area (Å²) in [6, 6.07) is 3.70. The number of aliphatic hydroxyl groups excluding tert-OH is 1. The Balaban J connectivity index is 1.63. The van der Waals surface area contributed by atoms with Crippen LogP contribution in [0.5, 0.6) is 0 Å². The van der Waals surface area contributed by atoms with Crippen LogP contribution in [0.3, 0.4) is 0 Å². The minimum absolute atomic E-state index is 0.0711. The fraction of sp³-hybridized carbons (Fsp3) is 0.619. The number of nitrogens with one attached hydrogen (secondary N) is 1. The van der Waals surface area contributed by atoms with E-state index in [9.17, 15) is 23.1 Å². The number of aliphatic hydroxyl groups is 1. The molecular weight excluding hydrogens is 420 g/mol. The van der Waals surface area contributed by atoms with Crippen molar-refractivity contribution in [3.63, 3.8) is 0 Å². The number of carbonyl (C=O) groups excluding carboxylic acids is 2. The molecule has 10 heteroatoms. The van der Waals surface area contributed by atoms with Crippen LogP contribution in [0.2, 0.25) is 0 Å². The van der Waals surface area contributed by atoms with Crippen LogP contribution in [0.15, 0.2) is 29.4 Å². The van der Waals surface area contributed by atoms with Crippen LogP contribution in [-0.4, -0.2) is 59.4 Å². The van der Waals surface area contributed by atoms with Gasteiger partial charge < -0.3 is 16.2 Å². The first-order valence-electron chi connectivity index (χ1n) is 10.7. The molecule has 171 valence electrons. The number of primary amides is 1. The molecule has 2 heterocycles. The van der Waals surface area contributed by atoms with E-state index in [-0.39, 0.29) is 35.8 Å². The zero-order valence-corrected chi connectivity index (χ0v) is 18.6. The molecule has 2 fully saturated rings. The van der Waals surface area contributed by atoms with Crippen LogP contribution in [-0.2, 0) is 19.6 Å². The number of rotatable bonds is 7. The Hall–Kier alpha value is -2.04. The summed E-state index contributed by atoms with van der Waals surface area (Å²) in [5, 5.41) is 13.4. The van der Waals surface area contributed by atoms with E-state index in [4.69, 9.17) is 5.73 Å². The zero-order chi connectivity index (χ0) is 22.6. The monoisotopic (exact) mass is 451 g/mol. The van der Waals surface area contributed by atoms with E-state index in [1.807, 2.05) is 0 Å². The highest BCUT2D eigenvalue weighted by atomic mass is 32.2. The minimum atomic E-state index is -3.87. The lowest BCUT2D eigenvalue weighted by molar-refractivity contribution is -0.127. The molecule has 9 nitrogen and oxygen atoms in total. The van der Waals surface area contributed by atoms with Gasteiger partial charge in [0.1, 0.15) is 0 Å². The molecule has 2 aliphatic rings. The maximum absolute atomic E-state index is 13.0. The predicted octanol–water partition coefficient (Wildman–Crippen LogP) is 0.740. The third kappa shape index (κ3) is 5.24. The van der Waals surface area contributed by atoms with Gasteiger partial charge in [0.05, 0.1) is 18.6 Å². The van der Waals surface area contributed by atoms with Gasteiger partial charge in [-0.1, -0.05) is 18.9 Å². The maximum Gasteiger partial charge on any atom is 0.260 e. The van der Waals surface area contributed by atoms with Crippen LogP contribution in [0.25, 0.3) is 0 Å². The standard InChI is InChI=1S/C21H31N4O5S/c1-15-7-8-16(24-18(27)9-12-21(20(22)28)10-3-4-11-21)17(26)14-25(15)31(29,30)19-6-2-5-13-23-19/h2,5-6,9,13,15-17,26H,3-4,7-8,10-12,14H2,1H3,(H2,22,28)(H,24,27)/t15-,16+,17+/m1/s1. The van der Waals surface area contributed by atoms with E-state index >= 15 is 0 Å². The quantitative estimate of drug-likeness (QED) is 0.558. The Bertz CT molecular complexity index is 886. The maximum atomic E-state index is 13.0. The van der Waals surface area contributed by atoms with Gasteiger partial charge in [-0.2, -0.15) is 4.31 Å². The van der Waals surface area contributed by atoms with Crippen LogP contribution in [0.4, 0.5) is 0 Å². The zero-order valence-electron chi connectivity index (χ0n) is 17.7. The molecule has 4 N–H and O–H groups in total. The molecule has 1 saturated carbocycles. The molecule has 0 bridgehead atoms. The molecule has 0 spiro atoms. The van der Waals surface area contributed by atoms with Crippen molar-refractivity contribution in [1.29, 1.82) is 0 Å². The van der Waals surface area contributed by atoms with Crippen LogP contribution in [0, 0.1) is 11.8 Å².